The first kappa shape index (κ1) is 8.38. The lowest BCUT2D eigenvalue weighted by Gasteiger charge is -2.19. The second-order valence-electron chi connectivity index (χ2n) is 3.19. The van der Waals surface area contributed by atoms with E-state index in [4.69, 9.17) is 0 Å². The molecule has 0 aromatic heterocycles. The monoisotopic (exact) mass is 151 g/mol. The van der Waals surface area contributed by atoms with E-state index in [2.05, 4.69) is 25.0 Å². The van der Waals surface area contributed by atoms with Crippen LogP contribution in [0.3, 0.4) is 0 Å². The van der Waals surface area contributed by atoms with Gasteiger partial charge in [-0.1, -0.05) is 25.7 Å². The van der Waals surface area contributed by atoms with Crippen molar-refractivity contribution in [1.82, 2.24) is 4.90 Å². The van der Waals surface area contributed by atoms with Gasteiger partial charge in [-0.15, -0.1) is 0 Å². The molecule has 0 unspecified atom stereocenters. The zero-order valence-corrected chi connectivity index (χ0v) is 7.40. The van der Waals surface area contributed by atoms with Gasteiger partial charge in [0.1, 0.15) is 0 Å². The topological polar surface area (TPSA) is 3.24 Å². The van der Waals surface area contributed by atoms with Crippen LogP contribution < -0.4 is 0 Å². The Hall–Kier alpha value is -0.720. The molecule has 0 bridgehead atoms. The van der Waals surface area contributed by atoms with Crippen molar-refractivity contribution in [2.45, 2.75) is 26.2 Å². The van der Waals surface area contributed by atoms with Crippen LogP contribution >= 0.6 is 0 Å². The molecular formula is C10H17N. The average Bonchev–Trinajstić information content (AvgIpc) is 2.37. The molecular weight excluding hydrogens is 134 g/mol. The summed E-state index contributed by atoms with van der Waals surface area (Å²) in [4.78, 5) is 2.34. The maximum atomic E-state index is 4.01. The van der Waals surface area contributed by atoms with Crippen molar-refractivity contribution in [2.75, 3.05) is 13.1 Å². The van der Waals surface area contributed by atoms with Gasteiger partial charge >= 0.3 is 0 Å². The normalized spacial score (nSPS) is 17.5. The number of hydrogen-bond acceptors (Lipinski definition) is 1. The number of nitrogens with zero attached hydrogens (tertiary/aromatic N) is 1. The third kappa shape index (κ3) is 2.11. The van der Waals surface area contributed by atoms with Crippen molar-refractivity contribution in [3.05, 3.63) is 24.4 Å². The minimum Gasteiger partial charge on any atom is -0.371 e. The molecule has 0 radical (unpaired) electrons. The second-order valence-corrected chi connectivity index (χ2v) is 3.19. The quantitative estimate of drug-likeness (QED) is 0.560. The first-order chi connectivity index (χ1) is 5.24. The van der Waals surface area contributed by atoms with Gasteiger partial charge in [-0.25, -0.2) is 0 Å². The summed E-state index contributed by atoms with van der Waals surface area (Å²) < 4.78 is 0. The summed E-state index contributed by atoms with van der Waals surface area (Å²) in [5.74, 6) is 0. The lowest BCUT2D eigenvalue weighted by atomic mass is 10.2. The van der Waals surface area contributed by atoms with Gasteiger partial charge in [0.2, 0.25) is 0 Å². The Morgan fingerprint density at radius 3 is 2.82 bits per heavy atom. The first-order valence-corrected chi connectivity index (χ1v) is 4.33. The van der Waals surface area contributed by atoms with E-state index in [9.17, 15) is 0 Å². The highest BCUT2D eigenvalue weighted by Crippen LogP contribution is 2.19. The van der Waals surface area contributed by atoms with E-state index in [1.54, 1.807) is 0 Å². The third-order valence-corrected chi connectivity index (χ3v) is 2.26. The van der Waals surface area contributed by atoms with Gasteiger partial charge < -0.3 is 4.90 Å². The predicted molar refractivity (Wildman–Crippen MR) is 49.4 cm³/mol. The number of hydrogen-bond donors (Lipinski definition) is 0. The molecule has 0 atom stereocenters. The lowest BCUT2D eigenvalue weighted by molar-refractivity contribution is 0.424. The van der Waals surface area contributed by atoms with Crippen LogP contribution in [0, 0.1) is 0 Å². The van der Waals surface area contributed by atoms with E-state index in [1.807, 2.05) is 0 Å². The highest BCUT2D eigenvalue weighted by atomic mass is 15.1. The molecule has 0 aliphatic carbocycles. The molecule has 1 fully saturated rings. The first-order valence-electron chi connectivity index (χ1n) is 4.33. The fourth-order valence-electron chi connectivity index (χ4n) is 1.36. The minimum atomic E-state index is 1.02. The molecule has 1 aliphatic heterocycles. The van der Waals surface area contributed by atoms with Crippen LogP contribution in [0.25, 0.3) is 0 Å². The molecule has 11 heavy (non-hydrogen) atoms. The van der Waals surface area contributed by atoms with E-state index in [-0.39, 0.29) is 0 Å². The lowest BCUT2D eigenvalue weighted by Crippen LogP contribution is -2.19. The molecule has 0 aromatic rings. The van der Waals surface area contributed by atoms with Gasteiger partial charge in [-0.3, -0.25) is 0 Å². The standard InChI is InChI=1S/C10H17N/c1-4-9(2)8-11-7-5-6-10(11)3/h2-8H2,1H3. The van der Waals surface area contributed by atoms with Gasteiger partial charge in [-0.2, -0.15) is 0 Å². The molecule has 1 saturated heterocycles. The Morgan fingerprint density at radius 2 is 2.36 bits per heavy atom. The van der Waals surface area contributed by atoms with Crippen LogP contribution in [0.4, 0.5) is 0 Å². The Labute approximate surface area is 69.4 Å². The Kier molecular flexibility index (Phi) is 2.75. The van der Waals surface area contributed by atoms with Crippen molar-refractivity contribution < 1.29 is 0 Å². The predicted octanol–water partition coefficient (Wildman–Crippen LogP) is 2.56. The largest absolute Gasteiger partial charge is 0.371 e. The summed E-state index contributed by atoms with van der Waals surface area (Å²) in [5, 5.41) is 0. The van der Waals surface area contributed by atoms with Crippen LogP contribution in [0.15, 0.2) is 24.4 Å². The van der Waals surface area contributed by atoms with Crippen molar-refractivity contribution >= 4 is 0 Å². The molecule has 0 N–H and O–H groups in total. The van der Waals surface area contributed by atoms with Crippen molar-refractivity contribution in [3.8, 4) is 0 Å². The van der Waals surface area contributed by atoms with E-state index in [0.29, 0.717) is 0 Å². The summed E-state index contributed by atoms with van der Waals surface area (Å²) in [7, 11) is 0. The van der Waals surface area contributed by atoms with Crippen molar-refractivity contribution in [2.24, 2.45) is 0 Å². The number of likely N-dealkylation sites (tertiary alicyclic amines) is 1. The van der Waals surface area contributed by atoms with Gasteiger partial charge in [-0.05, 0) is 19.3 Å². The molecule has 1 heteroatoms. The molecule has 1 rings (SSSR count). The number of rotatable bonds is 3. The van der Waals surface area contributed by atoms with Crippen molar-refractivity contribution in [3.63, 3.8) is 0 Å². The molecule has 1 aliphatic rings. The van der Waals surface area contributed by atoms with Gasteiger partial charge in [0.05, 0.1) is 0 Å². The molecule has 0 aromatic carbocycles. The smallest absolute Gasteiger partial charge is 0.0383 e. The summed E-state index contributed by atoms with van der Waals surface area (Å²) in [5.41, 5.74) is 2.60. The summed E-state index contributed by atoms with van der Waals surface area (Å²) in [6.07, 6.45) is 3.54. The van der Waals surface area contributed by atoms with Crippen LogP contribution in [0.5, 0.6) is 0 Å². The SMILES string of the molecule is C=C(CC)CN1CCCC1=C. The van der Waals surface area contributed by atoms with E-state index in [0.717, 1.165) is 13.0 Å². The Morgan fingerprint density at radius 1 is 1.64 bits per heavy atom. The van der Waals surface area contributed by atoms with Crippen molar-refractivity contribution in [1.29, 1.82) is 0 Å². The fourth-order valence-corrected chi connectivity index (χ4v) is 1.36. The van der Waals surface area contributed by atoms with Crippen LogP contribution in [0.1, 0.15) is 26.2 Å². The summed E-state index contributed by atoms with van der Waals surface area (Å²) in [6.45, 7) is 12.4. The zero-order chi connectivity index (χ0) is 8.27. The maximum absolute atomic E-state index is 4.01. The van der Waals surface area contributed by atoms with Crippen LogP contribution in [-0.2, 0) is 0 Å². The fraction of sp³-hybridized carbons (Fsp3) is 0.600. The van der Waals surface area contributed by atoms with E-state index >= 15 is 0 Å². The third-order valence-electron chi connectivity index (χ3n) is 2.26. The molecule has 62 valence electrons. The van der Waals surface area contributed by atoms with E-state index < -0.39 is 0 Å². The zero-order valence-electron chi connectivity index (χ0n) is 7.40. The maximum Gasteiger partial charge on any atom is 0.0383 e. The van der Waals surface area contributed by atoms with E-state index in [1.165, 1.54) is 30.7 Å². The summed E-state index contributed by atoms with van der Waals surface area (Å²) >= 11 is 0. The highest BCUT2D eigenvalue weighted by Gasteiger charge is 2.14. The molecule has 1 heterocycles. The van der Waals surface area contributed by atoms with Crippen LogP contribution in [-0.4, -0.2) is 18.0 Å². The average molecular weight is 151 g/mol. The van der Waals surface area contributed by atoms with Gasteiger partial charge in [0.15, 0.2) is 0 Å². The minimum absolute atomic E-state index is 1.02. The van der Waals surface area contributed by atoms with Gasteiger partial charge in [0, 0.05) is 18.8 Å². The Bertz CT molecular complexity index is 170. The highest BCUT2D eigenvalue weighted by molar-refractivity contribution is 5.06. The molecule has 0 saturated carbocycles. The molecule has 0 amide bonds. The second kappa shape index (κ2) is 3.61. The molecule has 1 nitrogen and oxygen atoms in total. The molecule has 0 spiro atoms. The van der Waals surface area contributed by atoms with Crippen LogP contribution in [0.2, 0.25) is 0 Å². The number of allylic oxidation sites excluding steroid dienone is 1. The Balaban J connectivity index is 2.36. The summed E-state index contributed by atoms with van der Waals surface area (Å²) in [6, 6.07) is 0. The van der Waals surface area contributed by atoms with Gasteiger partial charge in [0.25, 0.3) is 0 Å².